The third kappa shape index (κ3) is 6.75. The second kappa shape index (κ2) is 12.6. The molecule has 1 N–H and O–H groups in total. The van der Waals surface area contributed by atoms with Gasteiger partial charge in [-0.1, -0.05) is 24.3 Å². The van der Waals surface area contributed by atoms with Crippen molar-refractivity contribution in [2.45, 2.75) is 33.7 Å². The van der Waals surface area contributed by atoms with Gasteiger partial charge < -0.3 is 24.1 Å². The molecule has 0 unspecified atom stereocenters. The third-order valence-corrected chi connectivity index (χ3v) is 5.85. The highest BCUT2D eigenvalue weighted by Gasteiger charge is 2.18. The van der Waals surface area contributed by atoms with E-state index in [1.165, 1.54) is 0 Å². The highest BCUT2D eigenvalue weighted by molar-refractivity contribution is 6.00. The topological polar surface area (TPSA) is 95.9 Å². The highest BCUT2D eigenvalue weighted by atomic mass is 16.5. The fraction of sp³-hybridized carbons (Fsp3) is 0.321. The van der Waals surface area contributed by atoms with Crippen molar-refractivity contribution < 1.29 is 28.6 Å². The number of Topliss-reactive ketones (excluding diaryl/α,β-unsaturated/α-hetero) is 1. The maximum Gasteiger partial charge on any atom is 0.325 e. The molecule has 8 nitrogen and oxygen atoms in total. The van der Waals surface area contributed by atoms with E-state index in [2.05, 4.69) is 9.88 Å². The van der Waals surface area contributed by atoms with Crippen LogP contribution in [0.5, 0.6) is 11.5 Å². The predicted octanol–water partition coefficient (Wildman–Crippen LogP) is 3.91. The van der Waals surface area contributed by atoms with Crippen LogP contribution in [0, 0.1) is 13.8 Å². The van der Waals surface area contributed by atoms with Crippen molar-refractivity contribution in [3.63, 3.8) is 0 Å². The molecule has 1 aromatic heterocycles. The van der Waals surface area contributed by atoms with Crippen LogP contribution >= 0.6 is 0 Å². The van der Waals surface area contributed by atoms with Gasteiger partial charge in [0.1, 0.15) is 18.0 Å². The first kappa shape index (κ1) is 26.5. The highest BCUT2D eigenvalue weighted by Crippen LogP contribution is 2.19. The zero-order valence-corrected chi connectivity index (χ0v) is 21.1. The van der Waals surface area contributed by atoms with E-state index in [1.807, 2.05) is 51.1 Å². The summed E-state index contributed by atoms with van der Waals surface area (Å²) in [5, 5.41) is 2.51. The van der Waals surface area contributed by atoms with Gasteiger partial charge >= 0.3 is 5.97 Å². The second-order valence-corrected chi connectivity index (χ2v) is 8.23. The summed E-state index contributed by atoms with van der Waals surface area (Å²) in [6, 6.07) is 16.5. The Morgan fingerprint density at radius 2 is 1.69 bits per heavy atom. The van der Waals surface area contributed by atoms with Crippen molar-refractivity contribution in [1.29, 1.82) is 0 Å². The molecule has 0 atom stereocenters. The van der Waals surface area contributed by atoms with Gasteiger partial charge in [0.15, 0.2) is 6.61 Å². The molecule has 0 fully saturated rings. The molecule has 0 saturated heterocycles. The number of para-hydroxylation sites is 1. The van der Waals surface area contributed by atoms with E-state index in [0.717, 1.165) is 29.1 Å². The number of hydrogen-bond acceptors (Lipinski definition) is 6. The zero-order chi connectivity index (χ0) is 26.1. The Balaban J connectivity index is 1.51. The molecule has 8 heteroatoms. The minimum absolute atomic E-state index is 0.292. The van der Waals surface area contributed by atoms with E-state index in [-0.39, 0.29) is 12.3 Å². The average molecular weight is 493 g/mol. The number of aryl methyl sites for hydroxylation is 2. The number of ether oxygens (including phenoxy) is 3. The number of nitrogens with one attached hydrogen (secondary N) is 1. The zero-order valence-electron chi connectivity index (χ0n) is 21.1. The van der Waals surface area contributed by atoms with E-state index < -0.39 is 18.5 Å². The Hall–Kier alpha value is -4.07. The van der Waals surface area contributed by atoms with Gasteiger partial charge in [-0.3, -0.25) is 14.4 Å². The summed E-state index contributed by atoms with van der Waals surface area (Å²) in [5.74, 6) is -0.199. The van der Waals surface area contributed by atoms with Crippen LogP contribution in [0.25, 0.3) is 0 Å². The molecule has 0 radical (unpaired) electrons. The van der Waals surface area contributed by atoms with Crippen LogP contribution in [0.4, 0.5) is 0 Å². The Labute approximate surface area is 211 Å². The van der Waals surface area contributed by atoms with Crippen LogP contribution in [-0.4, -0.2) is 49.1 Å². The first-order chi connectivity index (χ1) is 17.3. The summed E-state index contributed by atoms with van der Waals surface area (Å²) in [7, 11) is 1.64. The number of methoxy groups -OCH3 is 1. The Bertz CT molecular complexity index is 1210. The number of esters is 1. The fourth-order valence-electron chi connectivity index (χ4n) is 3.92. The minimum atomic E-state index is -0.695. The lowest BCUT2D eigenvalue weighted by molar-refractivity contribution is -0.141. The SMILES string of the molecule is CCOc1ccccc1C(=O)NCC(=O)OCC(=O)c1cc(C)n(CCc2ccc(OC)cc2)c1C. The Kier molecular flexibility index (Phi) is 9.27. The second-order valence-electron chi connectivity index (χ2n) is 8.23. The van der Waals surface area contributed by atoms with E-state index in [1.54, 1.807) is 31.4 Å². The van der Waals surface area contributed by atoms with Crippen molar-refractivity contribution in [3.8, 4) is 11.5 Å². The third-order valence-electron chi connectivity index (χ3n) is 5.85. The van der Waals surface area contributed by atoms with Gasteiger partial charge in [0.05, 0.1) is 19.3 Å². The quantitative estimate of drug-likeness (QED) is 0.304. The van der Waals surface area contributed by atoms with Crippen LogP contribution in [0.15, 0.2) is 54.6 Å². The van der Waals surface area contributed by atoms with Gasteiger partial charge in [0.25, 0.3) is 5.91 Å². The summed E-state index contributed by atoms with van der Waals surface area (Å²) < 4.78 is 17.8. The van der Waals surface area contributed by atoms with Gasteiger partial charge in [-0.2, -0.15) is 0 Å². The summed E-state index contributed by atoms with van der Waals surface area (Å²) in [6.07, 6.45) is 0.801. The van der Waals surface area contributed by atoms with Crippen molar-refractivity contribution in [2.75, 3.05) is 26.9 Å². The van der Waals surface area contributed by atoms with Crippen LogP contribution in [0.2, 0.25) is 0 Å². The van der Waals surface area contributed by atoms with E-state index in [0.29, 0.717) is 30.0 Å². The number of nitrogens with zero attached hydrogens (tertiary/aromatic N) is 1. The van der Waals surface area contributed by atoms with Crippen LogP contribution in [0.3, 0.4) is 0 Å². The number of carbonyl (C=O) groups is 3. The number of rotatable bonds is 12. The molecule has 0 saturated carbocycles. The summed E-state index contributed by atoms with van der Waals surface area (Å²) in [5.41, 5.74) is 3.78. The fourth-order valence-corrected chi connectivity index (χ4v) is 3.92. The molecular formula is C28H32N2O6. The van der Waals surface area contributed by atoms with Crippen molar-refractivity contribution >= 4 is 17.7 Å². The number of amides is 1. The van der Waals surface area contributed by atoms with Gasteiger partial charge in [0, 0.05) is 23.5 Å². The molecule has 0 aliphatic carbocycles. The summed E-state index contributed by atoms with van der Waals surface area (Å²) >= 11 is 0. The molecule has 190 valence electrons. The molecule has 0 spiro atoms. The van der Waals surface area contributed by atoms with Crippen LogP contribution in [0.1, 0.15) is 44.6 Å². The minimum Gasteiger partial charge on any atom is -0.497 e. The molecular weight excluding hydrogens is 460 g/mol. The lowest BCUT2D eigenvalue weighted by atomic mass is 10.1. The van der Waals surface area contributed by atoms with Crippen molar-refractivity contribution in [2.24, 2.45) is 0 Å². The average Bonchev–Trinajstić information content (AvgIpc) is 3.18. The Morgan fingerprint density at radius 1 is 0.972 bits per heavy atom. The van der Waals surface area contributed by atoms with E-state index in [4.69, 9.17) is 14.2 Å². The maximum atomic E-state index is 12.7. The molecule has 0 bridgehead atoms. The van der Waals surface area contributed by atoms with Gasteiger partial charge in [-0.05, 0) is 63.1 Å². The van der Waals surface area contributed by atoms with Gasteiger partial charge in [-0.25, -0.2) is 0 Å². The lowest BCUT2D eigenvalue weighted by Crippen LogP contribution is -2.31. The van der Waals surface area contributed by atoms with Crippen molar-refractivity contribution in [3.05, 3.63) is 82.7 Å². The van der Waals surface area contributed by atoms with Crippen molar-refractivity contribution in [1.82, 2.24) is 9.88 Å². The number of carbonyl (C=O) groups excluding carboxylic acids is 3. The molecule has 2 aromatic carbocycles. The molecule has 3 aromatic rings. The van der Waals surface area contributed by atoms with Crippen LogP contribution in [-0.2, 0) is 22.5 Å². The number of hydrogen-bond donors (Lipinski definition) is 1. The number of benzene rings is 2. The summed E-state index contributed by atoms with van der Waals surface area (Å²) in [6.45, 7) is 6.02. The lowest BCUT2D eigenvalue weighted by Gasteiger charge is -2.11. The molecule has 0 aliphatic heterocycles. The number of ketones is 1. The normalized spacial score (nSPS) is 10.6. The Morgan fingerprint density at radius 3 is 2.39 bits per heavy atom. The maximum absolute atomic E-state index is 12.7. The number of aromatic nitrogens is 1. The smallest absolute Gasteiger partial charge is 0.325 e. The van der Waals surface area contributed by atoms with Gasteiger partial charge in [0.2, 0.25) is 5.78 Å². The first-order valence-corrected chi connectivity index (χ1v) is 11.8. The first-order valence-electron chi connectivity index (χ1n) is 11.8. The predicted molar refractivity (Wildman–Crippen MR) is 136 cm³/mol. The van der Waals surface area contributed by atoms with Crippen LogP contribution < -0.4 is 14.8 Å². The van der Waals surface area contributed by atoms with E-state index in [9.17, 15) is 14.4 Å². The summed E-state index contributed by atoms with van der Waals surface area (Å²) in [4.78, 5) is 37.3. The molecule has 1 heterocycles. The molecule has 3 rings (SSSR count). The monoisotopic (exact) mass is 492 g/mol. The molecule has 1 amide bonds. The standard InChI is InChI=1S/C28H32N2O6/c1-5-35-26-9-7-6-8-23(26)28(33)29-17-27(32)36-18-25(31)24-16-19(2)30(20(24)3)15-14-21-10-12-22(34-4)13-11-21/h6-13,16H,5,14-15,17-18H2,1-4H3,(H,29,33). The van der Waals surface area contributed by atoms with E-state index >= 15 is 0 Å². The molecule has 0 aliphatic rings. The molecule has 36 heavy (non-hydrogen) atoms. The largest absolute Gasteiger partial charge is 0.497 e. The van der Waals surface area contributed by atoms with Gasteiger partial charge in [-0.15, -0.1) is 0 Å².